The second kappa shape index (κ2) is 5.79. The molecule has 0 spiro atoms. The van der Waals surface area contributed by atoms with E-state index in [0.29, 0.717) is 39.6 Å². The molecule has 2 aromatic heterocycles. The molecule has 0 radical (unpaired) electrons. The first-order valence-electron chi connectivity index (χ1n) is 7.46. The molecule has 1 aliphatic rings. The minimum atomic E-state index is -0.355. The maximum absolute atomic E-state index is 11.7. The molecule has 0 saturated carbocycles. The topological polar surface area (TPSA) is 89.9 Å². The molecule has 1 aliphatic heterocycles. The van der Waals surface area contributed by atoms with E-state index in [1.807, 2.05) is 12.1 Å². The summed E-state index contributed by atoms with van der Waals surface area (Å²) in [4.78, 5) is 19.9. The smallest absolute Gasteiger partial charge is 0.291 e. The number of carbonyl (C=O) groups is 1. The third-order valence-electron chi connectivity index (χ3n) is 3.83. The van der Waals surface area contributed by atoms with Crippen LogP contribution in [0.2, 0.25) is 0 Å². The number of hydrogen-bond acceptors (Lipinski definition) is 6. The van der Waals surface area contributed by atoms with Crippen LogP contribution in [0, 0.1) is 0 Å². The van der Waals surface area contributed by atoms with Crippen LogP contribution in [0.1, 0.15) is 12.5 Å². The fraction of sp³-hybridized carbons (Fsp3) is 0.0556. The molecule has 0 saturated heterocycles. The van der Waals surface area contributed by atoms with Gasteiger partial charge >= 0.3 is 0 Å². The van der Waals surface area contributed by atoms with Gasteiger partial charge in [0.05, 0.1) is 12.0 Å². The Kier molecular flexibility index (Phi) is 3.46. The lowest BCUT2D eigenvalue weighted by atomic mass is 9.97. The lowest BCUT2D eigenvalue weighted by molar-refractivity contribution is -0.114. The van der Waals surface area contributed by atoms with Gasteiger partial charge in [0.2, 0.25) is 11.6 Å². The highest BCUT2D eigenvalue weighted by atomic mass is 16.5. The Hall–Kier alpha value is -3.61. The maximum atomic E-state index is 11.7. The van der Waals surface area contributed by atoms with Gasteiger partial charge in [-0.15, -0.1) is 10.2 Å². The summed E-state index contributed by atoms with van der Waals surface area (Å²) in [5, 5.41) is 8.04. The average Bonchev–Trinajstić information content (AvgIpc) is 3.10. The number of fused-ring (bicyclic) bond motifs is 1. The second-order valence-electron chi connectivity index (χ2n) is 5.40. The van der Waals surface area contributed by atoms with Crippen LogP contribution >= 0.6 is 0 Å². The molecular weight excluding hydrogens is 320 g/mol. The normalized spacial score (nSPS) is 14.4. The summed E-state index contributed by atoms with van der Waals surface area (Å²) in [6.45, 7) is 5.56. The van der Waals surface area contributed by atoms with Gasteiger partial charge in [0.1, 0.15) is 17.5 Å². The highest BCUT2D eigenvalue weighted by molar-refractivity contribution is 6.05. The van der Waals surface area contributed by atoms with Gasteiger partial charge in [0, 0.05) is 11.1 Å². The molecule has 4 rings (SSSR count). The quantitative estimate of drug-likeness (QED) is 0.713. The summed E-state index contributed by atoms with van der Waals surface area (Å²) in [5.74, 6) is 0.650. The summed E-state index contributed by atoms with van der Waals surface area (Å²) in [7, 11) is 0. The molecule has 1 amide bonds. The summed E-state index contributed by atoms with van der Waals surface area (Å²) in [5.41, 5.74) is 2.94. The number of benzene rings is 1. The van der Waals surface area contributed by atoms with Gasteiger partial charge in [-0.2, -0.15) is 0 Å². The molecule has 3 heterocycles. The maximum Gasteiger partial charge on any atom is 0.291 e. The first-order valence-corrected chi connectivity index (χ1v) is 7.46. The Labute approximate surface area is 142 Å². The van der Waals surface area contributed by atoms with Crippen molar-refractivity contribution in [3.8, 4) is 11.6 Å². The van der Waals surface area contributed by atoms with E-state index >= 15 is 0 Å². The van der Waals surface area contributed by atoms with Crippen molar-refractivity contribution in [1.29, 1.82) is 0 Å². The Balaban J connectivity index is 1.65. The van der Waals surface area contributed by atoms with E-state index in [1.165, 1.54) is 12.6 Å². The number of furan rings is 1. The SMILES string of the molecule is C=C1N=NC(=O)C(C)=C1c1ccc(Oc2ncnc3occc23)cc1. The zero-order valence-corrected chi connectivity index (χ0v) is 13.3. The van der Waals surface area contributed by atoms with Gasteiger partial charge in [-0.05, 0) is 30.7 Å². The standard InChI is InChI=1S/C18H12N4O3/c1-10-15(11(2)21-22-16(10)23)12-3-5-13(6-4-12)25-18-14-7-8-24-17(14)19-9-20-18/h3-9H,2H2,1H3. The molecule has 0 aliphatic carbocycles. The molecule has 0 fully saturated rings. The van der Waals surface area contributed by atoms with Crippen LogP contribution < -0.4 is 4.74 Å². The molecule has 0 atom stereocenters. The lowest BCUT2D eigenvalue weighted by Gasteiger charge is -2.14. The minimum Gasteiger partial charge on any atom is -0.446 e. The van der Waals surface area contributed by atoms with Crippen LogP contribution in [0.3, 0.4) is 0 Å². The second-order valence-corrected chi connectivity index (χ2v) is 5.40. The van der Waals surface area contributed by atoms with Gasteiger partial charge in [0.15, 0.2) is 0 Å². The van der Waals surface area contributed by atoms with E-state index < -0.39 is 0 Å². The van der Waals surface area contributed by atoms with Crippen molar-refractivity contribution >= 4 is 22.6 Å². The highest BCUT2D eigenvalue weighted by Gasteiger charge is 2.19. The molecule has 0 N–H and O–H groups in total. The molecule has 0 bridgehead atoms. The predicted molar refractivity (Wildman–Crippen MR) is 89.9 cm³/mol. The zero-order valence-electron chi connectivity index (χ0n) is 13.3. The summed E-state index contributed by atoms with van der Waals surface area (Å²) in [6.07, 6.45) is 2.91. The van der Waals surface area contributed by atoms with E-state index in [-0.39, 0.29) is 5.91 Å². The van der Waals surface area contributed by atoms with Crippen molar-refractivity contribution in [2.24, 2.45) is 10.2 Å². The first-order chi connectivity index (χ1) is 12.1. The molecular formula is C18H12N4O3. The first kappa shape index (κ1) is 14.9. The van der Waals surface area contributed by atoms with Gasteiger partial charge in [0.25, 0.3) is 5.91 Å². The fourth-order valence-corrected chi connectivity index (χ4v) is 2.59. The molecule has 7 heteroatoms. The number of allylic oxidation sites excluding steroid dienone is 1. The zero-order chi connectivity index (χ0) is 17.4. The Morgan fingerprint density at radius 3 is 2.68 bits per heavy atom. The summed E-state index contributed by atoms with van der Waals surface area (Å²) in [6, 6.07) is 8.98. The van der Waals surface area contributed by atoms with Crippen molar-refractivity contribution in [1.82, 2.24) is 9.97 Å². The number of amides is 1. The summed E-state index contributed by atoms with van der Waals surface area (Å²) < 4.78 is 11.0. The number of carbonyl (C=O) groups excluding carboxylic acids is 1. The fourth-order valence-electron chi connectivity index (χ4n) is 2.59. The van der Waals surface area contributed by atoms with Crippen molar-refractivity contribution in [3.63, 3.8) is 0 Å². The van der Waals surface area contributed by atoms with Crippen molar-refractivity contribution in [3.05, 3.63) is 66.3 Å². The lowest BCUT2D eigenvalue weighted by Crippen LogP contribution is -2.04. The molecule has 7 nitrogen and oxygen atoms in total. The third kappa shape index (κ3) is 2.61. The van der Waals surface area contributed by atoms with Crippen LogP contribution in [0.4, 0.5) is 0 Å². The Morgan fingerprint density at radius 2 is 1.88 bits per heavy atom. The average molecular weight is 332 g/mol. The number of azo groups is 1. The Bertz CT molecular complexity index is 1060. The number of aromatic nitrogens is 2. The summed E-state index contributed by atoms with van der Waals surface area (Å²) >= 11 is 0. The van der Waals surface area contributed by atoms with E-state index in [4.69, 9.17) is 9.15 Å². The van der Waals surface area contributed by atoms with E-state index in [2.05, 4.69) is 26.8 Å². The van der Waals surface area contributed by atoms with Crippen molar-refractivity contribution < 1.29 is 13.9 Å². The Morgan fingerprint density at radius 1 is 1.08 bits per heavy atom. The van der Waals surface area contributed by atoms with Gasteiger partial charge in [-0.3, -0.25) is 4.79 Å². The minimum absolute atomic E-state index is 0.355. The molecule has 122 valence electrons. The van der Waals surface area contributed by atoms with E-state index in [1.54, 1.807) is 25.1 Å². The van der Waals surface area contributed by atoms with Crippen LogP contribution in [0.5, 0.6) is 11.6 Å². The molecule has 3 aromatic rings. The van der Waals surface area contributed by atoms with E-state index in [9.17, 15) is 4.79 Å². The van der Waals surface area contributed by atoms with Gasteiger partial charge < -0.3 is 9.15 Å². The number of hydrogen-bond donors (Lipinski definition) is 0. The van der Waals surface area contributed by atoms with Crippen LogP contribution in [-0.4, -0.2) is 15.9 Å². The van der Waals surface area contributed by atoms with Crippen molar-refractivity contribution in [2.45, 2.75) is 6.92 Å². The van der Waals surface area contributed by atoms with Gasteiger partial charge in [-0.1, -0.05) is 18.7 Å². The van der Waals surface area contributed by atoms with Crippen LogP contribution in [-0.2, 0) is 4.79 Å². The number of nitrogens with zero attached hydrogens (tertiary/aromatic N) is 4. The van der Waals surface area contributed by atoms with E-state index in [0.717, 1.165) is 5.56 Å². The van der Waals surface area contributed by atoms with Gasteiger partial charge in [-0.25, -0.2) is 9.97 Å². The third-order valence-corrected chi connectivity index (χ3v) is 3.83. The number of ether oxygens (including phenoxy) is 1. The largest absolute Gasteiger partial charge is 0.446 e. The molecule has 25 heavy (non-hydrogen) atoms. The highest BCUT2D eigenvalue weighted by Crippen LogP contribution is 2.33. The predicted octanol–water partition coefficient (Wildman–Crippen LogP) is 4.29. The number of rotatable bonds is 3. The van der Waals surface area contributed by atoms with Crippen LogP contribution in [0.15, 0.2) is 75.4 Å². The molecule has 0 unspecified atom stereocenters. The monoisotopic (exact) mass is 332 g/mol. The molecule has 1 aromatic carbocycles. The van der Waals surface area contributed by atoms with Crippen molar-refractivity contribution in [2.75, 3.05) is 0 Å². The van der Waals surface area contributed by atoms with Crippen LogP contribution in [0.25, 0.3) is 16.7 Å².